The van der Waals surface area contributed by atoms with Crippen LogP contribution in [0.2, 0.25) is 10.0 Å². The van der Waals surface area contributed by atoms with Gasteiger partial charge in [-0.2, -0.15) is 0 Å². The molecule has 4 rings (SSSR count). The molecule has 0 saturated heterocycles. The monoisotopic (exact) mass is 469 g/mol. The molecule has 0 unspecified atom stereocenters. The molecule has 5 nitrogen and oxygen atoms in total. The van der Waals surface area contributed by atoms with Crippen LogP contribution in [0.4, 0.5) is 0 Å². The summed E-state index contributed by atoms with van der Waals surface area (Å²) in [5, 5.41) is 3.81. The van der Waals surface area contributed by atoms with Crippen LogP contribution in [0.1, 0.15) is 41.3 Å². The van der Waals surface area contributed by atoms with Gasteiger partial charge in [-0.05, 0) is 31.5 Å². The molecule has 2 aromatic rings. The summed E-state index contributed by atoms with van der Waals surface area (Å²) in [4.78, 5) is 26.4. The Morgan fingerprint density at radius 1 is 1.19 bits per heavy atom. The average molecular weight is 470 g/mol. The second-order valence-electron chi connectivity index (χ2n) is 7.39. The van der Waals surface area contributed by atoms with E-state index in [2.05, 4.69) is 11.9 Å². The van der Waals surface area contributed by atoms with E-state index in [9.17, 15) is 9.59 Å². The van der Waals surface area contributed by atoms with E-state index in [0.717, 1.165) is 5.56 Å². The number of ketones is 1. The van der Waals surface area contributed by atoms with E-state index in [1.165, 1.54) is 0 Å². The summed E-state index contributed by atoms with van der Waals surface area (Å²) in [5.74, 6) is -1.04. The van der Waals surface area contributed by atoms with Crippen LogP contribution in [0, 0.1) is 0 Å². The van der Waals surface area contributed by atoms with Crippen LogP contribution in [-0.2, 0) is 9.53 Å². The van der Waals surface area contributed by atoms with Crippen molar-refractivity contribution >= 4 is 40.7 Å². The third-order valence-corrected chi connectivity index (χ3v) is 6.01. The van der Waals surface area contributed by atoms with Crippen molar-refractivity contribution in [3.05, 3.63) is 92.6 Å². The number of dihydropyridines is 1. The molecule has 1 N–H and O–H groups in total. The summed E-state index contributed by atoms with van der Waals surface area (Å²) in [6.07, 6.45) is 1.59. The highest BCUT2D eigenvalue weighted by Crippen LogP contribution is 2.48. The third kappa shape index (κ3) is 3.61. The highest BCUT2D eigenvalue weighted by molar-refractivity contribution is 6.37. The number of carbonyl (C=O) groups excluding carboxylic acids is 2. The number of fused-ring (bicyclic) bond motifs is 2. The second-order valence-corrected chi connectivity index (χ2v) is 8.21. The van der Waals surface area contributed by atoms with E-state index >= 15 is 0 Å². The maximum atomic E-state index is 13.5. The maximum absolute atomic E-state index is 13.5. The average Bonchev–Trinajstić information content (AvgIpc) is 3.04. The molecular formula is C25H21Cl2NO4. The number of allylic oxidation sites excluding steroid dienone is 2. The Kier molecular flexibility index (Phi) is 6.13. The van der Waals surface area contributed by atoms with Gasteiger partial charge < -0.3 is 14.8 Å². The molecule has 0 amide bonds. The smallest absolute Gasteiger partial charge is 0.336 e. The maximum Gasteiger partial charge on any atom is 0.336 e. The lowest BCUT2D eigenvalue weighted by Gasteiger charge is -2.29. The predicted octanol–water partition coefficient (Wildman–Crippen LogP) is 5.69. The number of rotatable bonds is 6. The molecule has 1 heterocycles. The van der Waals surface area contributed by atoms with Gasteiger partial charge in [-0.15, -0.1) is 0 Å². The molecule has 2 aliphatic rings. The van der Waals surface area contributed by atoms with Crippen LogP contribution < -0.4 is 10.1 Å². The van der Waals surface area contributed by atoms with Gasteiger partial charge in [0.1, 0.15) is 6.61 Å². The highest BCUT2D eigenvalue weighted by atomic mass is 35.5. The first-order valence-corrected chi connectivity index (χ1v) is 10.9. The summed E-state index contributed by atoms with van der Waals surface area (Å²) in [7, 11) is 0. The minimum Gasteiger partial charge on any atom is -0.486 e. The van der Waals surface area contributed by atoms with Crippen molar-refractivity contribution in [3.63, 3.8) is 0 Å². The van der Waals surface area contributed by atoms with Gasteiger partial charge in [-0.3, -0.25) is 4.79 Å². The van der Waals surface area contributed by atoms with Crippen molar-refractivity contribution in [1.82, 2.24) is 5.32 Å². The Morgan fingerprint density at radius 2 is 1.84 bits per heavy atom. The molecule has 0 saturated carbocycles. The predicted molar refractivity (Wildman–Crippen MR) is 125 cm³/mol. The summed E-state index contributed by atoms with van der Waals surface area (Å²) >= 11 is 13.0. The van der Waals surface area contributed by atoms with Crippen molar-refractivity contribution in [1.29, 1.82) is 0 Å². The molecule has 32 heavy (non-hydrogen) atoms. The van der Waals surface area contributed by atoms with E-state index in [-0.39, 0.29) is 29.0 Å². The molecule has 7 heteroatoms. The van der Waals surface area contributed by atoms with Crippen LogP contribution in [-0.4, -0.2) is 25.0 Å². The van der Waals surface area contributed by atoms with Crippen molar-refractivity contribution in [2.24, 2.45) is 0 Å². The molecule has 0 spiro atoms. The summed E-state index contributed by atoms with van der Waals surface area (Å²) in [5.41, 5.74) is 4.07. The van der Waals surface area contributed by atoms with Crippen molar-refractivity contribution in [3.8, 4) is 5.75 Å². The first-order valence-electron chi connectivity index (χ1n) is 10.1. The number of halogens is 2. The van der Waals surface area contributed by atoms with Crippen molar-refractivity contribution in [2.75, 3.05) is 13.2 Å². The van der Waals surface area contributed by atoms with E-state index in [4.69, 9.17) is 32.7 Å². The fourth-order valence-electron chi connectivity index (χ4n) is 4.17. The Morgan fingerprint density at radius 3 is 2.47 bits per heavy atom. The molecule has 0 bridgehead atoms. The Bertz CT molecular complexity index is 1190. The summed E-state index contributed by atoms with van der Waals surface area (Å²) in [6, 6.07) is 10.7. The fourth-order valence-corrected chi connectivity index (χ4v) is 4.78. The third-order valence-electron chi connectivity index (χ3n) is 5.44. The zero-order valence-electron chi connectivity index (χ0n) is 17.6. The molecule has 1 aliphatic heterocycles. The number of hydrogen-bond donors (Lipinski definition) is 1. The Hall–Kier alpha value is -3.02. The number of Topliss-reactive ketones (excluding diaryl/α,β-unsaturated/α-hetero) is 1. The number of carbonyl (C=O) groups is 2. The van der Waals surface area contributed by atoms with Crippen LogP contribution in [0.5, 0.6) is 5.75 Å². The molecule has 0 aromatic heterocycles. The Labute approximate surface area is 196 Å². The Balaban J connectivity index is 1.91. The molecule has 2 aromatic carbocycles. The highest BCUT2D eigenvalue weighted by Gasteiger charge is 2.43. The SMILES string of the molecule is C=CCOc1c(Cl)cc([C@H]2C(C(=O)OCC)=C(C)NC3=C2C(=O)c2ccccc23)cc1Cl. The number of esters is 1. The van der Waals surface area contributed by atoms with E-state index in [0.29, 0.717) is 39.4 Å². The van der Waals surface area contributed by atoms with E-state index in [1.807, 2.05) is 18.2 Å². The summed E-state index contributed by atoms with van der Waals surface area (Å²) in [6.45, 7) is 7.60. The summed E-state index contributed by atoms with van der Waals surface area (Å²) < 4.78 is 10.9. The number of ether oxygens (including phenoxy) is 2. The van der Waals surface area contributed by atoms with Gasteiger partial charge in [0.15, 0.2) is 11.5 Å². The van der Waals surface area contributed by atoms with Gasteiger partial charge in [-0.25, -0.2) is 4.79 Å². The fraction of sp³-hybridized carbons (Fsp3) is 0.200. The van der Waals surface area contributed by atoms with Gasteiger partial charge in [0, 0.05) is 28.3 Å². The van der Waals surface area contributed by atoms with Crippen molar-refractivity contribution in [2.45, 2.75) is 19.8 Å². The first-order chi connectivity index (χ1) is 15.4. The van der Waals surface area contributed by atoms with Gasteiger partial charge in [0.2, 0.25) is 0 Å². The topological polar surface area (TPSA) is 64.6 Å². The van der Waals surface area contributed by atoms with Crippen LogP contribution in [0.3, 0.4) is 0 Å². The number of nitrogens with one attached hydrogen (secondary N) is 1. The van der Waals surface area contributed by atoms with Gasteiger partial charge in [0.05, 0.1) is 27.9 Å². The van der Waals surface area contributed by atoms with Crippen LogP contribution in [0.15, 0.2) is 65.9 Å². The van der Waals surface area contributed by atoms with Gasteiger partial charge >= 0.3 is 5.97 Å². The lowest BCUT2D eigenvalue weighted by Crippen LogP contribution is -2.29. The quantitative estimate of drug-likeness (QED) is 0.434. The zero-order valence-corrected chi connectivity index (χ0v) is 19.1. The normalized spacial score (nSPS) is 17.0. The van der Waals surface area contributed by atoms with E-state index in [1.54, 1.807) is 38.1 Å². The lowest BCUT2D eigenvalue weighted by atomic mass is 9.80. The lowest BCUT2D eigenvalue weighted by molar-refractivity contribution is -0.138. The van der Waals surface area contributed by atoms with Crippen molar-refractivity contribution < 1.29 is 19.1 Å². The minimum absolute atomic E-state index is 0.151. The van der Waals surface area contributed by atoms with E-state index < -0.39 is 11.9 Å². The number of hydrogen-bond acceptors (Lipinski definition) is 5. The zero-order chi connectivity index (χ0) is 23.0. The van der Waals surface area contributed by atoms with Gasteiger partial charge in [-0.1, -0.05) is 60.1 Å². The molecule has 0 fully saturated rings. The standard InChI is InChI=1S/C25H21Cl2NO4/c1-4-10-32-24-17(26)11-14(12-18(24)27)20-19(25(30)31-5-2)13(3)28-22-15-8-6-7-9-16(15)23(29)21(20)22/h4,6-9,11-12,20,28H,1,5,10H2,2-3H3/t20-/m0/s1. The van der Waals surface area contributed by atoms with Crippen LogP contribution in [0.25, 0.3) is 5.70 Å². The second kappa shape index (κ2) is 8.85. The first kappa shape index (κ1) is 22.2. The largest absolute Gasteiger partial charge is 0.486 e. The molecule has 164 valence electrons. The molecular weight excluding hydrogens is 449 g/mol. The minimum atomic E-state index is -0.700. The van der Waals surface area contributed by atoms with Gasteiger partial charge in [0.25, 0.3) is 0 Å². The molecule has 1 aliphatic carbocycles. The molecule has 0 radical (unpaired) electrons. The molecule has 1 atom stereocenters. The van der Waals surface area contributed by atoms with Crippen LogP contribution >= 0.6 is 23.2 Å². The number of benzene rings is 2.